The predicted molar refractivity (Wildman–Crippen MR) is 160 cm³/mol. The number of aliphatic hydroxyl groups is 1. The lowest BCUT2D eigenvalue weighted by atomic mass is 9.54. The molecule has 1 aromatic heterocycles. The van der Waals surface area contributed by atoms with Crippen LogP contribution < -0.4 is 0 Å². The van der Waals surface area contributed by atoms with Crippen molar-refractivity contribution < 1.29 is 5.11 Å². The van der Waals surface area contributed by atoms with Crippen molar-refractivity contribution in [1.29, 1.82) is 0 Å². The van der Waals surface area contributed by atoms with Gasteiger partial charge in [-0.3, -0.25) is 9.88 Å². The summed E-state index contributed by atoms with van der Waals surface area (Å²) in [5.41, 5.74) is 2.29. The van der Waals surface area contributed by atoms with E-state index >= 15 is 0 Å². The minimum Gasteiger partial charge on any atom is -0.384 e. The Hall–Kier alpha value is -2.01. The number of fused-ring (bicyclic) bond motifs is 3. The molecule has 3 saturated heterocycles. The molecule has 0 radical (unpaired) electrons. The number of piperidine rings is 1. The van der Waals surface area contributed by atoms with Crippen LogP contribution in [0.5, 0.6) is 0 Å². The van der Waals surface area contributed by atoms with E-state index in [1.165, 1.54) is 112 Å². The molecule has 39 heavy (non-hydrogen) atoms. The molecule has 208 valence electrons. The zero-order valence-electron chi connectivity index (χ0n) is 23.7. The van der Waals surface area contributed by atoms with Crippen LogP contribution in [0.2, 0.25) is 0 Å². The van der Waals surface area contributed by atoms with Gasteiger partial charge in [-0.05, 0) is 107 Å². The number of nitrogens with zero attached hydrogens (tertiary/aromatic N) is 3. The summed E-state index contributed by atoms with van der Waals surface area (Å²) >= 11 is 0. The summed E-state index contributed by atoms with van der Waals surface area (Å²) in [5.74, 6) is 0.560. The van der Waals surface area contributed by atoms with Crippen LogP contribution in [-0.2, 0) is 6.42 Å². The minimum absolute atomic E-state index is 0.149. The maximum atomic E-state index is 12.9. The van der Waals surface area contributed by atoms with E-state index < -0.39 is 5.60 Å². The summed E-state index contributed by atoms with van der Waals surface area (Å²) in [6, 6.07) is 9.75. The van der Waals surface area contributed by atoms with Gasteiger partial charge in [0, 0.05) is 41.8 Å². The highest BCUT2D eigenvalue weighted by molar-refractivity contribution is 5.85. The molecule has 5 heterocycles. The van der Waals surface area contributed by atoms with Gasteiger partial charge >= 0.3 is 0 Å². The summed E-state index contributed by atoms with van der Waals surface area (Å²) in [6.07, 6.45) is 26.8. The first-order valence-corrected chi connectivity index (χ1v) is 16.1. The molecule has 2 unspecified atom stereocenters. The number of pyridine rings is 1. The first-order chi connectivity index (χ1) is 19.2. The van der Waals surface area contributed by atoms with Crippen molar-refractivity contribution in [1.82, 2.24) is 14.8 Å². The van der Waals surface area contributed by atoms with Crippen molar-refractivity contribution in [2.75, 3.05) is 26.2 Å². The van der Waals surface area contributed by atoms with Crippen molar-refractivity contribution >= 4 is 10.8 Å². The highest BCUT2D eigenvalue weighted by Gasteiger charge is 2.65. The predicted octanol–water partition coefficient (Wildman–Crippen LogP) is 6.68. The molecule has 4 aliphatic heterocycles. The van der Waals surface area contributed by atoms with Crippen LogP contribution in [0.25, 0.3) is 10.8 Å². The molecule has 6 atom stereocenters. The van der Waals surface area contributed by atoms with Crippen LogP contribution in [-0.4, -0.2) is 63.8 Å². The molecule has 1 aliphatic carbocycles. The number of hydrogen-bond acceptors (Lipinski definition) is 4. The molecular formula is C35H47N3O. The molecule has 1 spiro atoms. The third-order valence-electron chi connectivity index (χ3n) is 11.1. The second-order valence-electron chi connectivity index (χ2n) is 13.5. The van der Waals surface area contributed by atoms with Gasteiger partial charge in [0.05, 0.1) is 5.60 Å². The van der Waals surface area contributed by atoms with E-state index in [0.29, 0.717) is 12.0 Å². The summed E-state index contributed by atoms with van der Waals surface area (Å²) in [7, 11) is 0. The van der Waals surface area contributed by atoms with Crippen molar-refractivity contribution in [3.05, 3.63) is 66.0 Å². The number of allylic oxidation sites excluding steroid dienone is 3. The molecule has 1 N–H and O–H groups in total. The summed E-state index contributed by atoms with van der Waals surface area (Å²) in [5, 5.41) is 15.5. The lowest BCUT2D eigenvalue weighted by Gasteiger charge is -2.58. The normalized spacial score (nSPS) is 38.3. The second-order valence-corrected chi connectivity index (χ2v) is 13.5. The highest BCUT2D eigenvalue weighted by Crippen LogP contribution is 2.60. The Morgan fingerprint density at radius 1 is 0.923 bits per heavy atom. The number of aromatic nitrogens is 1. The zero-order valence-corrected chi connectivity index (χ0v) is 23.7. The smallest absolute Gasteiger partial charge is 0.0994 e. The Balaban J connectivity index is 1.35. The highest BCUT2D eigenvalue weighted by atomic mass is 16.3. The van der Waals surface area contributed by atoms with E-state index in [-0.39, 0.29) is 11.5 Å². The molecule has 4 heteroatoms. The average Bonchev–Trinajstić information content (AvgIpc) is 3.22. The quantitative estimate of drug-likeness (QED) is 0.444. The van der Waals surface area contributed by atoms with Crippen LogP contribution >= 0.6 is 0 Å². The summed E-state index contributed by atoms with van der Waals surface area (Å²) in [6.45, 7) is 4.76. The number of hydrogen-bond donors (Lipinski definition) is 1. The molecule has 7 rings (SSSR count). The Labute approximate surface area is 235 Å². The van der Waals surface area contributed by atoms with Gasteiger partial charge in [0.25, 0.3) is 0 Å². The standard InChI is InChI=1S/C35H47N3O/c39-35-17-8-4-1-2-5-9-19-37-21-16-32(29(23-35)22-27-12-11-13-28-25-36-18-15-31(27)28)34(26-37)24-30-14-7-3-6-10-20-38(30)33(34)35/h1,4,11-13,15,18,23,25,30,32-33,39H,2-3,5-10,14,16-17,19-22,24,26H2/b4-1-/t30-,32-,33?,34-,35-/m0/s1. The SMILES string of the molecule is O[C@]12C=C(Cc3cccc4cnccc34)[C@@H]3CCN(CCCC/C=C\CC1)C[C@@]31C[C@@H]3CCCCCCN3C12. The third-order valence-corrected chi connectivity index (χ3v) is 11.1. The number of benzene rings is 1. The van der Waals surface area contributed by atoms with Gasteiger partial charge in [-0.15, -0.1) is 0 Å². The van der Waals surface area contributed by atoms with E-state index in [4.69, 9.17) is 0 Å². The molecule has 4 nitrogen and oxygen atoms in total. The van der Waals surface area contributed by atoms with Crippen LogP contribution in [0.4, 0.5) is 0 Å². The van der Waals surface area contributed by atoms with Gasteiger partial charge in [0.2, 0.25) is 0 Å². The second kappa shape index (κ2) is 10.8. The fraction of sp³-hybridized carbons (Fsp3) is 0.629. The maximum Gasteiger partial charge on any atom is 0.0994 e. The molecule has 2 aromatic rings. The molecular weight excluding hydrogens is 478 g/mol. The van der Waals surface area contributed by atoms with Crippen LogP contribution in [0.1, 0.15) is 82.6 Å². The maximum absolute atomic E-state index is 12.9. The first-order valence-electron chi connectivity index (χ1n) is 16.1. The van der Waals surface area contributed by atoms with Gasteiger partial charge < -0.3 is 10.0 Å². The number of rotatable bonds is 2. The minimum atomic E-state index is -0.771. The Kier molecular flexibility index (Phi) is 7.15. The van der Waals surface area contributed by atoms with E-state index in [2.05, 4.69) is 57.3 Å². The van der Waals surface area contributed by atoms with Gasteiger partial charge in [0.1, 0.15) is 0 Å². The van der Waals surface area contributed by atoms with Crippen molar-refractivity contribution in [2.45, 2.75) is 101 Å². The van der Waals surface area contributed by atoms with Gasteiger partial charge in [-0.1, -0.05) is 61.3 Å². The van der Waals surface area contributed by atoms with E-state index in [0.717, 1.165) is 19.3 Å². The fourth-order valence-electron chi connectivity index (χ4n) is 9.63. The molecule has 1 aromatic carbocycles. The Morgan fingerprint density at radius 2 is 1.82 bits per heavy atom. The fourth-order valence-corrected chi connectivity index (χ4v) is 9.63. The van der Waals surface area contributed by atoms with E-state index in [1.54, 1.807) is 0 Å². The van der Waals surface area contributed by atoms with Crippen molar-refractivity contribution in [3.8, 4) is 0 Å². The van der Waals surface area contributed by atoms with Gasteiger partial charge in [-0.25, -0.2) is 0 Å². The molecule has 5 aliphatic rings. The summed E-state index contributed by atoms with van der Waals surface area (Å²) < 4.78 is 0. The van der Waals surface area contributed by atoms with E-state index in [1.807, 2.05) is 12.4 Å². The van der Waals surface area contributed by atoms with Gasteiger partial charge in [0.15, 0.2) is 0 Å². The Morgan fingerprint density at radius 3 is 2.79 bits per heavy atom. The van der Waals surface area contributed by atoms with Crippen LogP contribution in [0.3, 0.4) is 0 Å². The third kappa shape index (κ3) is 4.71. The molecule has 3 fully saturated rings. The van der Waals surface area contributed by atoms with E-state index in [9.17, 15) is 5.11 Å². The molecule has 0 amide bonds. The topological polar surface area (TPSA) is 39.6 Å². The Bertz CT molecular complexity index is 1230. The first kappa shape index (κ1) is 25.9. The lowest BCUT2D eigenvalue weighted by Crippen LogP contribution is -2.66. The largest absolute Gasteiger partial charge is 0.384 e. The van der Waals surface area contributed by atoms with Crippen LogP contribution in [0.15, 0.2) is 60.5 Å². The zero-order chi connectivity index (χ0) is 26.3. The lowest BCUT2D eigenvalue weighted by molar-refractivity contribution is -0.0983. The van der Waals surface area contributed by atoms with Crippen LogP contribution in [0, 0.1) is 11.3 Å². The van der Waals surface area contributed by atoms with Crippen molar-refractivity contribution in [3.63, 3.8) is 0 Å². The van der Waals surface area contributed by atoms with Crippen molar-refractivity contribution in [2.24, 2.45) is 11.3 Å². The molecule has 0 saturated carbocycles. The summed E-state index contributed by atoms with van der Waals surface area (Å²) in [4.78, 5) is 10.1. The average molecular weight is 526 g/mol. The molecule has 3 bridgehead atoms. The monoisotopic (exact) mass is 525 g/mol. The van der Waals surface area contributed by atoms with Gasteiger partial charge in [-0.2, -0.15) is 0 Å².